The monoisotopic (exact) mass is 415 g/mol. The van der Waals surface area contributed by atoms with E-state index in [4.69, 9.17) is 9.72 Å². The highest BCUT2D eigenvalue weighted by Crippen LogP contribution is 2.29. The van der Waals surface area contributed by atoms with E-state index in [1.165, 1.54) is 0 Å². The lowest BCUT2D eigenvalue weighted by Crippen LogP contribution is -2.41. The van der Waals surface area contributed by atoms with E-state index in [0.29, 0.717) is 23.3 Å². The van der Waals surface area contributed by atoms with Gasteiger partial charge in [0.05, 0.1) is 17.7 Å². The summed E-state index contributed by atoms with van der Waals surface area (Å²) in [7, 11) is 0. The number of rotatable bonds is 5. The number of anilines is 1. The largest absolute Gasteiger partial charge is 0.460 e. The summed E-state index contributed by atoms with van der Waals surface area (Å²) < 4.78 is 5.58. The minimum absolute atomic E-state index is 0.0378. The number of ether oxygens (including phenoxy) is 1. The number of nitrogens with one attached hydrogen (secondary N) is 2. The zero-order chi connectivity index (χ0) is 22.1. The molecule has 0 radical (unpaired) electrons. The van der Waals surface area contributed by atoms with Gasteiger partial charge in [-0.15, -0.1) is 0 Å². The number of piperidine rings is 1. The summed E-state index contributed by atoms with van der Waals surface area (Å²) in [5.41, 5.74) is 1.15. The van der Waals surface area contributed by atoms with Gasteiger partial charge in [0.15, 0.2) is 5.65 Å². The Balaban J connectivity index is 1.78. The predicted octanol–water partition coefficient (Wildman–Crippen LogP) is 3.29. The molecule has 0 bridgehead atoms. The standard InChI is InChI=1S/C22H33N5O3/c1-13(2)25-20(28)16-10-23-19-18(16)26-17(11-24-19)27-9-7-8-15(12-27)14(3)21(29)30-22(4,5)6/h10-11,13-15H,7-9,12H2,1-6H3,(H,23,24)(H,25,28). The third-order valence-corrected chi connectivity index (χ3v) is 5.30. The van der Waals surface area contributed by atoms with Crippen LogP contribution in [0.3, 0.4) is 0 Å². The number of H-pyrrole nitrogens is 1. The molecule has 8 nitrogen and oxygen atoms in total. The predicted molar refractivity (Wildman–Crippen MR) is 116 cm³/mol. The number of hydrogen-bond donors (Lipinski definition) is 2. The molecule has 3 heterocycles. The number of aromatic amines is 1. The van der Waals surface area contributed by atoms with E-state index < -0.39 is 5.60 Å². The first kappa shape index (κ1) is 22.1. The Morgan fingerprint density at radius 1 is 1.30 bits per heavy atom. The molecule has 164 valence electrons. The number of fused-ring (bicyclic) bond motifs is 1. The van der Waals surface area contributed by atoms with Crippen LogP contribution in [0.4, 0.5) is 5.82 Å². The second-order valence-corrected chi connectivity index (χ2v) is 9.43. The van der Waals surface area contributed by atoms with Crippen molar-refractivity contribution in [1.82, 2.24) is 20.3 Å². The van der Waals surface area contributed by atoms with Gasteiger partial charge in [0, 0.05) is 25.3 Å². The van der Waals surface area contributed by atoms with E-state index >= 15 is 0 Å². The molecule has 2 N–H and O–H groups in total. The smallest absolute Gasteiger partial charge is 0.309 e. The Morgan fingerprint density at radius 3 is 2.70 bits per heavy atom. The van der Waals surface area contributed by atoms with E-state index in [0.717, 1.165) is 25.2 Å². The number of carbonyl (C=O) groups excluding carboxylic acids is 2. The van der Waals surface area contributed by atoms with Gasteiger partial charge in [-0.25, -0.2) is 9.97 Å². The van der Waals surface area contributed by atoms with Gasteiger partial charge < -0.3 is 19.9 Å². The minimum atomic E-state index is -0.489. The molecule has 2 aromatic rings. The summed E-state index contributed by atoms with van der Waals surface area (Å²) in [6.45, 7) is 13.0. The van der Waals surface area contributed by atoms with Gasteiger partial charge in [-0.05, 0) is 53.4 Å². The summed E-state index contributed by atoms with van der Waals surface area (Å²) in [6, 6.07) is 0.0378. The van der Waals surface area contributed by atoms with Gasteiger partial charge in [0.2, 0.25) is 0 Å². The van der Waals surface area contributed by atoms with Crippen molar-refractivity contribution in [3.05, 3.63) is 18.0 Å². The molecule has 0 aromatic carbocycles. The van der Waals surface area contributed by atoms with Crippen molar-refractivity contribution in [1.29, 1.82) is 0 Å². The van der Waals surface area contributed by atoms with Crippen LogP contribution in [-0.4, -0.2) is 51.6 Å². The third-order valence-electron chi connectivity index (χ3n) is 5.30. The second-order valence-electron chi connectivity index (χ2n) is 9.43. The lowest BCUT2D eigenvalue weighted by atomic mass is 9.86. The van der Waals surface area contributed by atoms with Crippen molar-refractivity contribution in [3.8, 4) is 0 Å². The van der Waals surface area contributed by atoms with Crippen molar-refractivity contribution in [2.24, 2.45) is 11.8 Å². The Bertz CT molecular complexity index is 915. The highest BCUT2D eigenvalue weighted by atomic mass is 16.6. The quantitative estimate of drug-likeness (QED) is 0.727. The normalized spacial score (nSPS) is 18.5. The fourth-order valence-electron chi connectivity index (χ4n) is 3.76. The van der Waals surface area contributed by atoms with Gasteiger partial charge in [-0.3, -0.25) is 9.59 Å². The number of aromatic nitrogens is 3. The van der Waals surface area contributed by atoms with Crippen molar-refractivity contribution < 1.29 is 14.3 Å². The lowest BCUT2D eigenvalue weighted by molar-refractivity contribution is -0.161. The molecule has 30 heavy (non-hydrogen) atoms. The van der Waals surface area contributed by atoms with E-state index in [1.54, 1.807) is 12.4 Å². The Morgan fingerprint density at radius 2 is 2.03 bits per heavy atom. The maximum Gasteiger partial charge on any atom is 0.309 e. The fourth-order valence-corrected chi connectivity index (χ4v) is 3.76. The molecule has 1 saturated heterocycles. The van der Waals surface area contributed by atoms with Gasteiger partial charge in [-0.1, -0.05) is 6.92 Å². The number of hydrogen-bond acceptors (Lipinski definition) is 6. The highest BCUT2D eigenvalue weighted by Gasteiger charge is 2.32. The molecule has 1 aliphatic heterocycles. The topological polar surface area (TPSA) is 100 Å². The van der Waals surface area contributed by atoms with Crippen LogP contribution < -0.4 is 10.2 Å². The fraction of sp³-hybridized carbons (Fsp3) is 0.636. The van der Waals surface area contributed by atoms with E-state index in [-0.39, 0.29) is 29.8 Å². The van der Waals surface area contributed by atoms with Crippen LogP contribution in [0.15, 0.2) is 12.4 Å². The third kappa shape index (κ3) is 5.09. The maximum atomic E-state index is 12.5. The number of nitrogens with zero attached hydrogens (tertiary/aromatic N) is 3. The molecule has 2 unspecified atom stereocenters. The van der Waals surface area contributed by atoms with Crippen LogP contribution in [0, 0.1) is 11.8 Å². The first-order valence-electron chi connectivity index (χ1n) is 10.7. The summed E-state index contributed by atoms with van der Waals surface area (Å²) in [4.78, 5) is 39.4. The Labute approximate surface area is 177 Å². The second kappa shape index (κ2) is 8.62. The molecule has 2 aromatic heterocycles. The number of carbonyl (C=O) groups is 2. The molecule has 2 atom stereocenters. The zero-order valence-corrected chi connectivity index (χ0v) is 18.8. The number of amides is 1. The van der Waals surface area contributed by atoms with Crippen LogP contribution in [0.25, 0.3) is 11.2 Å². The van der Waals surface area contributed by atoms with E-state index in [9.17, 15) is 9.59 Å². The molecule has 0 spiro atoms. The zero-order valence-electron chi connectivity index (χ0n) is 18.8. The van der Waals surface area contributed by atoms with Crippen LogP contribution in [-0.2, 0) is 9.53 Å². The molecule has 1 aliphatic rings. The molecular formula is C22H33N5O3. The molecule has 3 rings (SSSR count). The molecule has 8 heteroatoms. The van der Waals surface area contributed by atoms with Crippen LogP contribution in [0.5, 0.6) is 0 Å². The molecular weight excluding hydrogens is 382 g/mol. The average molecular weight is 416 g/mol. The molecule has 0 saturated carbocycles. The summed E-state index contributed by atoms with van der Waals surface area (Å²) in [5, 5.41) is 2.90. The highest BCUT2D eigenvalue weighted by molar-refractivity contribution is 6.04. The maximum absolute atomic E-state index is 12.5. The van der Waals surface area contributed by atoms with Crippen LogP contribution in [0.1, 0.15) is 64.7 Å². The SMILES string of the molecule is CC(C)NC(=O)c1c[nH]c2ncc(N3CCCC(C(C)C(=O)OC(C)(C)C)C3)nc12. The van der Waals surface area contributed by atoms with Gasteiger partial charge >= 0.3 is 5.97 Å². The molecule has 1 amide bonds. The number of esters is 1. The van der Waals surface area contributed by atoms with E-state index in [1.807, 2.05) is 41.5 Å². The van der Waals surface area contributed by atoms with Crippen molar-refractivity contribution >= 4 is 28.9 Å². The summed E-state index contributed by atoms with van der Waals surface area (Å²) in [6.07, 6.45) is 5.31. The Kier molecular flexibility index (Phi) is 6.33. The Hall–Kier alpha value is -2.64. The first-order chi connectivity index (χ1) is 14.0. The van der Waals surface area contributed by atoms with Crippen molar-refractivity contribution in [3.63, 3.8) is 0 Å². The van der Waals surface area contributed by atoms with Gasteiger partial charge in [-0.2, -0.15) is 0 Å². The summed E-state index contributed by atoms with van der Waals surface area (Å²) >= 11 is 0. The molecule has 0 aliphatic carbocycles. The average Bonchev–Trinajstić information content (AvgIpc) is 3.09. The van der Waals surface area contributed by atoms with Gasteiger partial charge in [0.1, 0.15) is 16.9 Å². The van der Waals surface area contributed by atoms with Crippen molar-refractivity contribution in [2.45, 2.75) is 66.0 Å². The summed E-state index contributed by atoms with van der Waals surface area (Å²) in [5.74, 6) is 0.387. The lowest BCUT2D eigenvalue weighted by Gasteiger charge is -2.36. The van der Waals surface area contributed by atoms with Crippen molar-refractivity contribution in [2.75, 3.05) is 18.0 Å². The minimum Gasteiger partial charge on any atom is -0.460 e. The first-order valence-corrected chi connectivity index (χ1v) is 10.7. The van der Waals surface area contributed by atoms with Crippen LogP contribution >= 0.6 is 0 Å². The van der Waals surface area contributed by atoms with E-state index in [2.05, 4.69) is 20.2 Å². The molecule has 1 fully saturated rings. The van der Waals surface area contributed by atoms with Gasteiger partial charge in [0.25, 0.3) is 5.91 Å². The van der Waals surface area contributed by atoms with Crippen LogP contribution in [0.2, 0.25) is 0 Å².